The minimum atomic E-state index is -0.728. The van der Waals surface area contributed by atoms with Crippen molar-refractivity contribution in [1.82, 2.24) is 4.98 Å². The van der Waals surface area contributed by atoms with Gasteiger partial charge in [-0.1, -0.05) is 47.6 Å². The minimum absolute atomic E-state index is 0.0720. The van der Waals surface area contributed by atoms with E-state index in [0.29, 0.717) is 26.9 Å². The summed E-state index contributed by atoms with van der Waals surface area (Å²) in [5.74, 6) is -1.02. The molecule has 0 saturated heterocycles. The smallest absolute Gasteiger partial charge is 0.338 e. The number of nitrogens with two attached hydrogens (primary N) is 1. The molecule has 0 amide bonds. The number of halogens is 1. The number of aromatic nitrogens is 1. The molecular weight excluding hydrogens is 596 g/mol. The van der Waals surface area contributed by atoms with Crippen molar-refractivity contribution in [3.8, 4) is 33.8 Å². The highest BCUT2D eigenvalue weighted by Crippen LogP contribution is 2.43. The number of allylic oxidation sites excluding steroid dienone is 1. The lowest BCUT2D eigenvalue weighted by Crippen LogP contribution is -2.26. The van der Waals surface area contributed by atoms with Gasteiger partial charge in [0.05, 0.1) is 40.0 Å². The molecule has 4 heterocycles. The fourth-order valence-electron chi connectivity index (χ4n) is 4.37. The third-order valence-electron chi connectivity index (χ3n) is 6.19. The zero-order valence-corrected chi connectivity index (χ0v) is 24.8. The van der Waals surface area contributed by atoms with Crippen molar-refractivity contribution in [1.29, 1.82) is 10.5 Å². The molecule has 3 aromatic heterocycles. The largest absolute Gasteiger partial charge is 0.463 e. The van der Waals surface area contributed by atoms with Crippen LogP contribution in [0.4, 0.5) is 0 Å². The highest BCUT2D eigenvalue weighted by molar-refractivity contribution is 7.99. The van der Waals surface area contributed by atoms with Crippen LogP contribution in [0.3, 0.4) is 0 Å². The Labute approximate surface area is 254 Å². The average molecular weight is 617 g/mol. The van der Waals surface area contributed by atoms with Gasteiger partial charge in [0, 0.05) is 15.5 Å². The highest BCUT2D eigenvalue weighted by atomic mass is 35.5. The van der Waals surface area contributed by atoms with Gasteiger partial charge in [-0.25, -0.2) is 9.78 Å². The molecule has 0 saturated carbocycles. The number of thioether (sulfide) groups is 1. The lowest BCUT2D eigenvalue weighted by molar-refractivity contribution is -0.139. The Hall–Kier alpha value is -4.06. The predicted molar refractivity (Wildman–Crippen MR) is 162 cm³/mol. The summed E-state index contributed by atoms with van der Waals surface area (Å²) in [7, 11) is 0. The molecule has 11 heteroatoms. The van der Waals surface area contributed by atoms with Gasteiger partial charge in [-0.05, 0) is 53.6 Å². The number of ether oxygens (including phenoxy) is 2. The molecule has 4 aromatic rings. The molecule has 0 bridgehead atoms. The zero-order chi connectivity index (χ0) is 28.9. The van der Waals surface area contributed by atoms with Crippen LogP contribution in [0, 0.1) is 22.7 Å². The Morgan fingerprint density at radius 1 is 1.15 bits per heavy atom. The van der Waals surface area contributed by atoms with E-state index in [4.69, 9.17) is 31.8 Å². The highest BCUT2D eigenvalue weighted by Gasteiger charge is 2.38. The average Bonchev–Trinajstić information content (AvgIpc) is 3.71. The van der Waals surface area contributed by atoms with E-state index in [1.165, 1.54) is 34.4 Å². The molecule has 0 spiro atoms. The van der Waals surface area contributed by atoms with Gasteiger partial charge in [0.2, 0.25) is 5.88 Å². The van der Waals surface area contributed by atoms with E-state index in [1.807, 2.05) is 53.2 Å². The minimum Gasteiger partial charge on any atom is -0.463 e. The molecule has 1 unspecified atom stereocenters. The zero-order valence-electron chi connectivity index (χ0n) is 21.6. The number of carbonyl (C=O) groups is 1. The Bertz CT molecular complexity index is 1730. The summed E-state index contributed by atoms with van der Waals surface area (Å²) in [4.78, 5) is 19.8. The Kier molecular flexibility index (Phi) is 8.77. The van der Waals surface area contributed by atoms with Crippen LogP contribution in [-0.2, 0) is 14.3 Å². The fourth-order valence-corrected chi connectivity index (χ4v) is 6.97. The second kappa shape index (κ2) is 12.6. The molecule has 204 valence electrons. The van der Waals surface area contributed by atoms with Crippen LogP contribution in [0.2, 0.25) is 5.02 Å². The summed E-state index contributed by atoms with van der Waals surface area (Å²) in [5, 5.41) is 25.0. The maximum Gasteiger partial charge on any atom is 0.338 e. The molecule has 1 aliphatic heterocycles. The summed E-state index contributed by atoms with van der Waals surface area (Å²) in [6.45, 7) is 1.86. The number of nitrogens with zero attached hydrogens (tertiary/aromatic N) is 3. The molecule has 2 N–H and O–H groups in total. The maximum atomic E-state index is 13.3. The predicted octanol–water partition coefficient (Wildman–Crippen LogP) is 7.48. The number of nitriles is 2. The van der Waals surface area contributed by atoms with Crippen LogP contribution >= 0.6 is 46.0 Å². The van der Waals surface area contributed by atoms with E-state index < -0.39 is 11.9 Å². The third kappa shape index (κ3) is 5.88. The standard InChI is InChI=1S/C30H21ClN4O3S3/c1-2-37-30(36)27-23(38-28(34)21(15-33)26(27)25-6-4-12-40-25)16-41-29-20(14-32)19(17-7-9-18(31)10-8-17)13-22(35-29)24-5-3-11-39-24/h3-13,26H,2,16,34H2,1H3. The SMILES string of the molecule is CCOC(=O)C1=C(CSc2nc(-c3cccs3)cc(-c3ccc(Cl)cc3)c2C#N)OC(N)=C(C#N)C1c1cccs1. The maximum absolute atomic E-state index is 13.3. The summed E-state index contributed by atoms with van der Waals surface area (Å²) in [5.41, 5.74) is 9.16. The van der Waals surface area contributed by atoms with Crippen LogP contribution in [0.15, 0.2) is 93.2 Å². The molecule has 0 aliphatic carbocycles. The van der Waals surface area contributed by atoms with E-state index in [2.05, 4.69) is 12.1 Å². The summed E-state index contributed by atoms with van der Waals surface area (Å²) in [6.07, 6.45) is 0. The van der Waals surface area contributed by atoms with Gasteiger partial charge in [0.1, 0.15) is 28.5 Å². The monoisotopic (exact) mass is 616 g/mol. The van der Waals surface area contributed by atoms with Gasteiger partial charge in [0.25, 0.3) is 0 Å². The normalized spacial score (nSPS) is 14.8. The molecule has 1 aromatic carbocycles. The number of carbonyl (C=O) groups excluding carboxylic acids is 1. The van der Waals surface area contributed by atoms with Gasteiger partial charge in [-0.2, -0.15) is 10.5 Å². The van der Waals surface area contributed by atoms with E-state index in [9.17, 15) is 15.3 Å². The first-order chi connectivity index (χ1) is 19.9. The van der Waals surface area contributed by atoms with E-state index >= 15 is 0 Å². The van der Waals surface area contributed by atoms with E-state index in [1.54, 1.807) is 19.1 Å². The molecule has 0 fully saturated rings. The van der Waals surface area contributed by atoms with Gasteiger partial charge >= 0.3 is 5.97 Å². The van der Waals surface area contributed by atoms with Crippen LogP contribution in [0.5, 0.6) is 0 Å². The van der Waals surface area contributed by atoms with E-state index in [0.717, 1.165) is 15.3 Å². The first-order valence-corrected chi connectivity index (χ1v) is 15.5. The van der Waals surface area contributed by atoms with Crippen molar-refractivity contribution in [3.63, 3.8) is 0 Å². The van der Waals surface area contributed by atoms with Crippen LogP contribution in [-0.4, -0.2) is 23.3 Å². The summed E-state index contributed by atoms with van der Waals surface area (Å²) >= 11 is 10.3. The molecule has 0 radical (unpaired) electrons. The summed E-state index contributed by atoms with van der Waals surface area (Å²) in [6, 6.07) is 21.2. The number of benzene rings is 1. The number of hydrogen-bond donors (Lipinski definition) is 1. The Morgan fingerprint density at radius 2 is 1.90 bits per heavy atom. The Morgan fingerprint density at radius 3 is 2.54 bits per heavy atom. The molecular formula is C30H21ClN4O3S3. The third-order valence-corrected chi connectivity index (χ3v) is 9.24. The molecule has 41 heavy (non-hydrogen) atoms. The van der Waals surface area contributed by atoms with Crippen molar-refractivity contribution in [2.24, 2.45) is 5.73 Å². The first kappa shape index (κ1) is 28.5. The number of thiophene rings is 2. The quantitative estimate of drug-likeness (QED) is 0.160. The molecule has 7 nitrogen and oxygen atoms in total. The van der Waals surface area contributed by atoms with Crippen molar-refractivity contribution in [3.05, 3.63) is 104 Å². The molecule has 1 aliphatic rings. The Balaban J connectivity index is 1.61. The van der Waals surface area contributed by atoms with Gasteiger partial charge in [-0.3, -0.25) is 0 Å². The van der Waals surface area contributed by atoms with Gasteiger partial charge in [-0.15, -0.1) is 22.7 Å². The van der Waals surface area contributed by atoms with Gasteiger partial charge in [0.15, 0.2) is 0 Å². The summed E-state index contributed by atoms with van der Waals surface area (Å²) < 4.78 is 11.3. The lowest BCUT2D eigenvalue weighted by Gasteiger charge is -2.27. The van der Waals surface area contributed by atoms with Crippen molar-refractivity contribution in [2.75, 3.05) is 12.4 Å². The second-order valence-corrected chi connectivity index (χ2v) is 11.9. The van der Waals surface area contributed by atoms with Crippen molar-refractivity contribution < 1.29 is 14.3 Å². The van der Waals surface area contributed by atoms with Crippen LogP contribution < -0.4 is 5.73 Å². The lowest BCUT2D eigenvalue weighted by atomic mass is 9.87. The van der Waals surface area contributed by atoms with E-state index in [-0.39, 0.29) is 35.1 Å². The number of hydrogen-bond acceptors (Lipinski definition) is 10. The number of rotatable bonds is 8. The number of pyridine rings is 1. The molecule has 5 rings (SSSR count). The van der Waals surface area contributed by atoms with Crippen LogP contribution in [0.1, 0.15) is 23.3 Å². The fraction of sp³-hybridized carbons (Fsp3) is 0.133. The van der Waals surface area contributed by atoms with Gasteiger partial charge < -0.3 is 15.2 Å². The second-order valence-electron chi connectivity index (χ2n) is 8.62. The van der Waals surface area contributed by atoms with Crippen LogP contribution in [0.25, 0.3) is 21.7 Å². The first-order valence-electron chi connectivity index (χ1n) is 12.3. The molecule has 1 atom stereocenters. The van der Waals surface area contributed by atoms with Crippen molar-refractivity contribution in [2.45, 2.75) is 17.9 Å². The van der Waals surface area contributed by atoms with Crippen molar-refractivity contribution >= 4 is 52.0 Å². The number of esters is 1. The topological polar surface area (TPSA) is 122 Å².